The normalized spacial score (nSPS) is 21.5. The average Bonchev–Trinajstić information content (AvgIpc) is 3.03. The van der Waals surface area contributed by atoms with E-state index in [0.717, 1.165) is 30.5 Å². The fourth-order valence-electron chi connectivity index (χ4n) is 4.23. The molecule has 1 unspecified atom stereocenters. The van der Waals surface area contributed by atoms with Crippen LogP contribution in [0.4, 0.5) is 0 Å². The summed E-state index contributed by atoms with van der Waals surface area (Å²) in [4.78, 5) is 26.9. The summed E-state index contributed by atoms with van der Waals surface area (Å²) in [5, 5.41) is 13.9. The molecule has 1 aliphatic heterocycles. The maximum atomic E-state index is 12.6. The summed E-state index contributed by atoms with van der Waals surface area (Å²) in [6.07, 6.45) is 2.87. The van der Waals surface area contributed by atoms with Crippen molar-refractivity contribution >= 4 is 11.7 Å². The van der Waals surface area contributed by atoms with Gasteiger partial charge in [0.1, 0.15) is 0 Å². The number of rotatable bonds is 3. The second-order valence-corrected chi connectivity index (χ2v) is 8.79. The Labute approximate surface area is 164 Å². The number of carbonyl (C=O) groups excluding carboxylic acids is 2. The summed E-state index contributed by atoms with van der Waals surface area (Å²) in [7, 11) is 0. The number of piperidine rings is 1. The van der Waals surface area contributed by atoms with Gasteiger partial charge in [0.15, 0.2) is 11.5 Å². The standard InChI is InChI=1S/C22H26N2O4/c1-22(2)11-17-20(18(26)12-22)19(28-23-17)10-14-5-7-15(8-6-14)21(27)24-9-3-4-16(25)13-24/h5-8,16,25H,3-4,9-13H2,1-2H3. The third-order valence-electron chi connectivity index (χ3n) is 5.65. The zero-order chi connectivity index (χ0) is 19.9. The van der Waals surface area contributed by atoms with E-state index in [-0.39, 0.29) is 17.1 Å². The largest absolute Gasteiger partial charge is 0.391 e. The molecule has 6 nitrogen and oxygen atoms in total. The van der Waals surface area contributed by atoms with E-state index >= 15 is 0 Å². The second kappa shape index (κ2) is 7.17. The highest BCUT2D eigenvalue weighted by molar-refractivity contribution is 5.99. The number of hydrogen-bond acceptors (Lipinski definition) is 5. The number of aliphatic hydroxyl groups excluding tert-OH is 1. The lowest BCUT2D eigenvalue weighted by molar-refractivity contribution is 0.0473. The molecule has 1 N–H and O–H groups in total. The topological polar surface area (TPSA) is 83.6 Å². The Morgan fingerprint density at radius 1 is 1.29 bits per heavy atom. The van der Waals surface area contributed by atoms with Gasteiger partial charge in [0.25, 0.3) is 5.91 Å². The van der Waals surface area contributed by atoms with Gasteiger partial charge in [-0.3, -0.25) is 9.59 Å². The van der Waals surface area contributed by atoms with E-state index in [2.05, 4.69) is 19.0 Å². The third-order valence-corrected chi connectivity index (χ3v) is 5.65. The summed E-state index contributed by atoms with van der Waals surface area (Å²) in [6, 6.07) is 7.37. The SMILES string of the molecule is CC1(C)CC(=O)c2c(noc2Cc2ccc(C(=O)N3CCCC(O)C3)cc2)C1. The van der Waals surface area contributed by atoms with Crippen molar-refractivity contribution in [3.05, 3.63) is 52.4 Å². The van der Waals surface area contributed by atoms with Gasteiger partial charge in [-0.05, 0) is 42.4 Å². The number of β-amino-alcohol motifs (C(OH)–C–C–N with tert-alkyl or cyclic N) is 1. The maximum absolute atomic E-state index is 12.6. The molecular formula is C22H26N2O4. The van der Waals surface area contributed by atoms with Crippen LogP contribution in [0.15, 0.2) is 28.8 Å². The van der Waals surface area contributed by atoms with Crippen LogP contribution in [0.3, 0.4) is 0 Å². The molecule has 1 aliphatic carbocycles. The number of aromatic nitrogens is 1. The lowest BCUT2D eigenvalue weighted by atomic mass is 9.75. The molecule has 1 atom stereocenters. The first-order valence-electron chi connectivity index (χ1n) is 9.89. The van der Waals surface area contributed by atoms with Crippen LogP contribution in [0.5, 0.6) is 0 Å². The Morgan fingerprint density at radius 2 is 2.04 bits per heavy atom. The van der Waals surface area contributed by atoms with Gasteiger partial charge >= 0.3 is 0 Å². The molecule has 1 saturated heterocycles. The van der Waals surface area contributed by atoms with Crippen molar-refractivity contribution in [1.82, 2.24) is 10.1 Å². The van der Waals surface area contributed by atoms with Gasteiger partial charge in [0.2, 0.25) is 0 Å². The predicted molar refractivity (Wildman–Crippen MR) is 103 cm³/mol. The second-order valence-electron chi connectivity index (χ2n) is 8.79. The monoisotopic (exact) mass is 382 g/mol. The summed E-state index contributed by atoms with van der Waals surface area (Å²) in [5.41, 5.74) is 2.89. The van der Waals surface area contributed by atoms with Gasteiger partial charge in [0, 0.05) is 31.5 Å². The van der Waals surface area contributed by atoms with Crippen LogP contribution in [0, 0.1) is 5.41 Å². The molecule has 1 aromatic carbocycles. The number of amides is 1. The van der Waals surface area contributed by atoms with Crippen molar-refractivity contribution in [2.45, 2.75) is 52.1 Å². The van der Waals surface area contributed by atoms with E-state index in [1.54, 1.807) is 17.0 Å². The molecule has 28 heavy (non-hydrogen) atoms. The molecule has 0 saturated carbocycles. The summed E-state index contributed by atoms with van der Waals surface area (Å²) in [5.74, 6) is 0.645. The van der Waals surface area contributed by atoms with Crippen LogP contribution in [0.2, 0.25) is 0 Å². The Bertz CT molecular complexity index is 898. The Balaban J connectivity index is 1.48. The Hall–Kier alpha value is -2.47. The number of carbonyl (C=O) groups is 2. The number of Topliss-reactive ketones (excluding diaryl/α,β-unsaturated/α-hetero) is 1. The van der Waals surface area contributed by atoms with Gasteiger partial charge < -0.3 is 14.5 Å². The number of fused-ring (bicyclic) bond motifs is 1. The van der Waals surface area contributed by atoms with Crippen LogP contribution < -0.4 is 0 Å². The van der Waals surface area contributed by atoms with Crippen LogP contribution >= 0.6 is 0 Å². The molecule has 0 spiro atoms. The van der Waals surface area contributed by atoms with Crippen molar-refractivity contribution < 1.29 is 19.2 Å². The minimum atomic E-state index is -0.433. The van der Waals surface area contributed by atoms with E-state index in [4.69, 9.17) is 4.52 Å². The molecule has 148 valence electrons. The van der Waals surface area contributed by atoms with Crippen molar-refractivity contribution in [2.75, 3.05) is 13.1 Å². The maximum Gasteiger partial charge on any atom is 0.253 e. The van der Waals surface area contributed by atoms with Gasteiger partial charge in [-0.1, -0.05) is 31.1 Å². The molecule has 4 rings (SSSR count). The lowest BCUT2D eigenvalue weighted by Crippen LogP contribution is -2.42. The fourth-order valence-corrected chi connectivity index (χ4v) is 4.23. The minimum Gasteiger partial charge on any atom is -0.391 e. The summed E-state index contributed by atoms with van der Waals surface area (Å²) in [6.45, 7) is 5.21. The number of hydrogen-bond donors (Lipinski definition) is 1. The molecule has 2 aliphatic rings. The van der Waals surface area contributed by atoms with Gasteiger partial charge in [-0.25, -0.2) is 0 Å². The smallest absolute Gasteiger partial charge is 0.253 e. The van der Waals surface area contributed by atoms with Crippen molar-refractivity contribution in [3.8, 4) is 0 Å². The quantitative estimate of drug-likeness (QED) is 0.882. The van der Waals surface area contributed by atoms with E-state index in [1.165, 1.54) is 0 Å². The van der Waals surface area contributed by atoms with E-state index in [9.17, 15) is 14.7 Å². The van der Waals surface area contributed by atoms with Crippen LogP contribution in [-0.2, 0) is 12.8 Å². The first-order valence-corrected chi connectivity index (χ1v) is 9.89. The van der Waals surface area contributed by atoms with Crippen molar-refractivity contribution in [3.63, 3.8) is 0 Å². The lowest BCUT2D eigenvalue weighted by Gasteiger charge is -2.30. The van der Waals surface area contributed by atoms with Crippen LogP contribution in [0.25, 0.3) is 0 Å². The minimum absolute atomic E-state index is 0.0558. The molecule has 2 heterocycles. The first kappa shape index (κ1) is 18.9. The zero-order valence-electron chi connectivity index (χ0n) is 16.4. The molecule has 1 fully saturated rings. The van der Waals surface area contributed by atoms with Gasteiger partial charge in [-0.2, -0.15) is 0 Å². The molecule has 0 radical (unpaired) electrons. The molecule has 1 aromatic heterocycles. The van der Waals surface area contributed by atoms with Crippen LogP contribution in [-0.4, -0.2) is 46.0 Å². The molecule has 6 heteroatoms. The van der Waals surface area contributed by atoms with Gasteiger partial charge in [0.05, 0.1) is 17.4 Å². The summed E-state index contributed by atoms with van der Waals surface area (Å²) >= 11 is 0. The van der Waals surface area contributed by atoms with E-state index < -0.39 is 6.10 Å². The number of ketones is 1. The van der Waals surface area contributed by atoms with E-state index in [1.807, 2.05) is 12.1 Å². The average molecular weight is 382 g/mol. The first-order chi connectivity index (χ1) is 13.3. The number of aliphatic hydroxyl groups is 1. The number of benzene rings is 1. The highest BCUT2D eigenvalue weighted by Crippen LogP contribution is 2.36. The number of likely N-dealkylation sites (tertiary alicyclic amines) is 1. The third kappa shape index (κ3) is 3.74. The number of nitrogens with zero attached hydrogens (tertiary/aromatic N) is 2. The van der Waals surface area contributed by atoms with Gasteiger partial charge in [-0.15, -0.1) is 0 Å². The summed E-state index contributed by atoms with van der Waals surface area (Å²) < 4.78 is 5.50. The molecule has 0 bridgehead atoms. The van der Waals surface area contributed by atoms with Crippen molar-refractivity contribution in [1.29, 1.82) is 0 Å². The Morgan fingerprint density at radius 3 is 2.75 bits per heavy atom. The molecular weight excluding hydrogens is 356 g/mol. The van der Waals surface area contributed by atoms with Crippen LogP contribution in [0.1, 0.15) is 70.8 Å². The Kier molecular flexibility index (Phi) is 4.83. The predicted octanol–water partition coefficient (Wildman–Crippen LogP) is 3.02. The van der Waals surface area contributed by atoms with Crippen molar-refractivity contribution in [2.24, 2.45) is 5.41 Å². The molecule has 1 amide bonds. The zero-order valence-corrected chi connectivity index (χ0v) is 16.4. The van der Waals surface area contributed by atoms with E-state index in [0.29, 0.717) is 42.8 Å². The highest BCUT2D eigenvalue weighted by Gasteiger charge is 2.36. The fraction of sp³-hybridized carbons (Fsp3) is 0.500. The highest BCUT2D eigenvalue weighted by atomic mass is 16.5. The molecule has 2 aromatic rings.